The van der Waals surface area contributed by atoms with E-state index in [1.165, 1.54) is 4.90 Å². The molecule has 2 aromatic rings. The zero-order valence-corrected chi connectivity index (χ0v) is 12.8. The zero-order chi connectivity index (χ0) is 19.1. The van der Waals surface area contributed by atoms with E-state index in [0.717, 1.165) is 0 Å². The molecule has 26 heavy (non-hydrogen) atoms. The number of hydrogen-bond acceptors (Lipinski definition) is 6. The fourth-order valence-electron chi connectivity index (χ4n) is 2.43. The zero-order valence-electron chi connectivity index (χ0n) is 12.8. The molecule has 0 aromatic carbocycles. The summed E-state index contributed by atoms with van der Waals surface area (Å²) in [6.07, 6.45) is -4.02. The predicted octanol–water partition coefficient (Wildman–Crippen LogP) is 2.01. The van der Waals surface area contributed by atoms with Crippen LogP contribution in [0.4, 0.5) is 26.7 Å². The van der Waals surface area contributed by atoms with E-state index >= 15 is 0 Å². The largest absolute Gasteiger partial charge is 0.459 e. The van der Waals surface area contributed by atoms with Gasteiger partial charge in [-0.1, -0.05) is 5.16 Å². The second-order valence-electron chi connectivity index (χ2n) is 5.44. The van der Waals surface area contributed by atoms with Crippen LogP contribution in [0.3, 0.4) is 0 Å². The molecule has 0 spiro atoms. The summed E-state index contributed by atoms with van der Waals surface area (Å²) >= 11 is 0. The van der Waals surface area contributed by atoms with Crippen molar-refractivity contribution in [1.82, 2.24) is 24.6 Å². The van der Waals surface area contributed by atoms with E-state index in [1.54, 1.807) is 0 Å². The standard InChI is InChI=1S/C13H10F5N5O3/c14-12(15,13(16,17)18)8-5-7(19-6-20-8)9-21-26-11(25)23(9)10(24)22-3-1-2-4-22/h5-6H,1-4H2. The van der Waals surface area contributed by atoms with Gasteiger partial charge >= 0.3 is 23.9 Å². The molecule has 0 N–H and O–H groups in total. The molecule has 140 valence electrons. The minimum absolute atomic E-state index is 0.304. The molecular formula is C13H10F5N5O3. The molecule has 0 saturated carbocycles. The minimum atomic E-state index is -5.88. The van der Waals surface area contributed by atoms with Crippen molar-refractivity contribution in [2.45, 2.75) is 24.9 Å². The molecule has 13 heteroatoms. The molecule has 8 nitrogen and oxygen atoms in total. The van der Waals surface area contributed by atoms with E-state index in [2.05, 4.69) is 19.6 Å². The van der Waals surface area contributed by atoms with Gasteiger partial charge < -0.3 is 4.90 Å². The van der Waals surface area contributed by atoms with E-state index < -0.39 is 41.1 Å². The van der Waals surface area contributed by atoms with Crippen LogP contribution in [0.25, 0.3) is 11.5 Å². The van der Waals surface area contributed by atoms with Crippen LogP contribution in [0.15, 0.2) is 21.7 Å². The quantitative estimate of drug-likeness (QED) is 0.741. The maximum absolute atomic E-state index is 13.5. The predicted molar refractivity (Wildman–Crippen MR) is 73.3 cm³/mol. The molecule has 3 heterocycles. The summed E-state index contributed by atoms with van der Waals surface area (Å²) in [5.74, 6) is -7.05. The van der Waals surface area contributed by atoms with Gasteiger partial charge in [-0.05, 0) is 18.9 Å². The third-order valence-electron chi connectivity index (χ3n) is 3.75. The smallest absolute Gasteiger partial charge is 0.324 e. The summed E-state index contributed by atoms with van der Waals surface area (Å²) in [6.45, 7) is 0.716. The van der Waals surface area contributed by atoms with Gasteiger partial charge in [0.25, 0.3) is 0 Å². The van der Waals surface area contributed by atoms with Crippen LogP contribution < -0.4 is 5.76 Å². The Morgan fingerprint density at radius 1 is 1.12 bits per heavy atom. The number of nitrogens with zero attached hydrogens (tertiary/aromatic N) is 5. The summed E-state index contributed by atoms with van der Waals surface area (Å²) < 4.78 is 69.3. The first-order valence-corrected chi connectivity index (χ1v) is 7.28. The summed E-state index contributed by atoms with van der Waals surface area (Å²) in [6, 6.07) is -0.523. The van der Waals surface area contributed by atoms with Crippen LogP contribution in [0, 0.1) is 0 Å². The number of carbonyl (C=O) groups is 1. The van der Waals surface area contributed by atoms with Gasteiger partial charge in [-0.2, -0.15) is 26.5 Å². The van der Waals surface area contributed by atoms with Crippen molar-refractivity contribution in [2.75, 3.05) is 13.1 Å². The number of likely N-dealkylation sites (tertiary alicyclic amines) is 1. The molecule has 0 radical (unpaired) electrons. The maximum atomic E-state index is 13.5. The van der Waals surface area contributed by atoms with E-state index in [1.807, 2.05) is 0 Å². The number of halogens is 5. The maximum Gasteiger partial charge on any atom is 0.459 e. The van der Waals surface area contributed by atoms with Crippen LogP contribution in [0.1, 0.15) is 18.5 Å². The van der Waals surface area contributed by atoms with Gasteiger partial charge in [0.1, 0.15) is 17.7 Å². The van der Waals surface area contributed by atoms with Crippen molar-refractivity contribution < 1.29 is 31.3 Å². The molecule has 1 amide bonds. The third kappa shape index (κ3) is 2.93. The number of carbonyl (C=O) groups excluding carboxylic acids is 1. The van der Waals surface area contributed by atoms with Crippen molar-refractivity contribution in [3.05, 3.63) is 28.6 Å². The van der Waals surface area contributed by atoms with Gasteiger partial charge in [-0.15, -0.1) is 0 Å². The molecule has 3 rings (SSSR count). The molecule has 0 atom stereocenters. The molecule has 1 aliphatic rings. The van der Waals surface area contributed by atoms with E-state index in [9.17, 15) is 31.5 Å². The molecule has 0 bridgehead atoms. The lowest BCUT2D eigenvalue weighted by Gasteiger charge is -2.19. The van der Waals surface area contributed by atoms with Crippen molar-refractivity contribution in [3.8, 4) is 11.5 Å². The Morgan fingerprint density at radius 3 is 2.38 bits per heavy atom. The number of amides is 1. The number of alkyl halides is 5. The number of hydrogen-bond donors (Lipinski definition) is 0. The van der Waals surface area contributed by atoms with Crippen molar-refractivity contribution in [1.29, 1.82) is 0 Å². The molecule has 0 aliphatic carbocycles. The van der Waals surface area contributed by atoms with E-state index in [0.29, 0.717) is 42.9 Å². The summed E-state index contributed by atoms with van der Waals surface area (Å²) in [4.78, 5) is 31.9. The molecule has 2 aromatic heterocycles. The monoisotopic (exact) mass is 379 g/mol. The Bertz CT molecular complexity index is 885. The SMILES string of the molecule is O=C(N1CCCC1)n1c(-c2cc(C(F)(F)C(F)(F)F)ncn2)noc1=O. The highest BCUT2D eigenvalue weighted by Gasteiger charge is 2.60. The lowest BCUT2D eigenvalue weighted by molar-refractivity contribution is -0.290. The summed E-state index contributed by atoms with van der Waals surface area (Å²) in [5.41, 5.74) is -2.23. The second-order valence-corrected chi connectivity index (χ2v) is 5.44. The van der Waals surface area contributed by atoms with Gasteiger partial charge in [0.15, 0.2) is 0 Å². The van der Waals surface area contributed by atoms with Crippen LogP contribution in [0.5, 0.6) is 0 Å². The Kier molecular flexibility index (Phi) is 4.24. The molecule has 1 fully saturated rings. The van der Waals surface area contributed by atoms with Crippen LogP contribution in [0.2, 0.25) is 0 Å². The first-order valence-electron chi connectivity index (χ1n) is 7.28. The fraction of sp³-hybridized carbons (Fsp3) is 0.462. The Morgan fingerprint density at radius 2 is 1.77 bits per heavy atom. The lowest BCUT2D eigenvalue weighted by atomic mass is 10.2. The van der Waals surface area contributed by atoms with Crippen molar-refractivity contribution in [3.63, 3.8) is 0 Å². The second kappa shape index (κ2) is 6.14. The fourth-order valence-corrected chi connectivity index (χ4v) is 2.43. The molecule has 1 aliphatic heterocycles. The Balaban J connectivity index is 2.05. The average Bonchev–Trinajstić information content (AvgIpc) is 3.23. The van der Waals surface area contributed by atoms with Gasteiger partial charge in [0.05, 0.1) is 0 Å². The highest BCUT2D eigenvalue weighted by atomic mass is 19.4. The Hall–Kier alpha value is -2.86. The van der Waals surface area contributed by atoms with Gasteiger partial charge in [0.2, 0.25) is 5.82 Å². The third-order valence-corrected chi connectivity index (χ3v) is 3.75. The number of rotatable bonds is 2. The van der Waals surface area contributed by atoms with E-state index in [4.69, 9.17) is 0 Å². The topological polar surface area (TPSA) is 94.1 Å². The molecule has 0 unspecified atom stereocenters. The van der Waals surface area contributed by atoms with Gasteiger partial charge in [0, 0.05) is 13.1 Å². The van der Waals surface area contributed by atoms with Gasteiger partial charge in [-0.25, -0.2) is 19.6 Å². The van der Waals surface area contributed by atoms with Crippen LogP contribution >= 0.6 is 0 Å². The van der Waals surface area contributed by atoms with Gasteiger partial charge in [-0.3, -0.25) is 4.52 Å². The summed E-state index contributed by atoms with van der Waals surface area (Å²) in [7, 11) is 0. The lowest BCUT2D eigenvalue weighted by Crippen LogP contribution is -2.37. The number of aromatic nitrogens is 4. The first kappa shape index (κ1) is 17.9. The Labute approximate surface area is 141 Å². The van der Waals surface area contributed by atoms with Crippen LogP contribution in [-0.4, -0.2) is 49.9 Å². The van der Waals surface area contributed by atoms with Crippen LogP contribution in [-0.2, 0) is 5.92 Å². The summed E-state index contributed by atoms with van der Waals surface area (Å²) in [5, 5.41) is 3.28. The average molecular weight is 379 g/mol. The molecule has 1 saturated heterocycles. The van der Waals surface area contributed by atoms with Crippen molar-refractivity contribution >= 4 is 6.03 Å². The van der Waals surface area contributed by atoms with E-state index in [-0.39, 0.29) is 0 Å². The first-order chi connectivity index (χ1) is 12.1. The minimum Gasteiger partial charge on any atom is -0.324 e. The normalized spacial score (nSPS) is 15.5. The van der Waals surface area contributed by atoms with Crippen molar-refractivity contribution in [2.24, 2.45) is 0 Å². The highest BCUT2D eigenvalue weighted by molar-refractivity contribution is 5.80. The molecular weight excluding hydrogens is 369 g/mol. The highest BCUT2D eigenvalue weighted by Crippen LogP contribution is 2.43.